The third-order valence-electron chi connectivity index (χ3n) is 3.53. The molecular weight excluding hydrogens is 311 g/mol. The van der Waals surface area contributed by atoms with Gasteiger partial charge in [-0.25, -0.2) is 9.37 Å². The second-order valence-corrected chi connectivity index (χ2v) is 6.77. The maximum atomic E-state index is 14.0. The normalized spacial score (nSPS) is 15.3. The Hall–Kier alpha value is -1.33. The van der Waals surface area contributed by atoms with Crippen LogP contribution < -0.4 is 10.1 Å². The van der Waals surface area contributed by atoms with Gasteiger partial charge in [0.1, 0.15) is 0 Å². The largest absolute Gasteiger partial charge is 0.485 e. The van der Waals surface area contributed by atoms with Crippen LogP contribution in [0.3, 0.4) is 0 Å². The molecule has 0 radical (unpaired) electrons. The summed E-state index contributed by atoms with van der Waals surface area (Å²) in [6, 6.07) is 4.94. The molecule has 0 unspecified atom stereocenters. The lowest BCUT2D eigenvalue weighted by molar-refractivity contribution is 0.202. The quantitative estimate of drug-likeness (QED) is 0.851. The van der Waals surface area contributed by atoms with Crippen molar-refractivity contribution in [1.29, 1.82) is 0 Å². The number of hydrogen-bond acceptors (Lipinski definition) is 4. The van der Waals surface area contributed by atoms with Crippen LogP contribution in [0.5, 0.6) is 5.75 Å². The van der Waals surface area contributed by atoms with Crippen LogP contribution in [0, 0.1) is 5.82 Å². The average molecular weight is 327 g/mol. The highest BCUT2D eigenvalue weighted by Gasteiger charge is 2.20. The van der Waals surface area contributed by atoms with E-state index in [1.165, 1.54) is 17.4 Å². The zero-order chi connectivity index (χ0) is 14.7. The average Bonchev–Trinajstić information content (AvgIpc) is 3.11. The fourth-order valence-electron chi connectivity index (χ4n) is 2.49. The number of para-hydroxylation sites is 1. The monoisotopic (exact) mass is 326 g/mol. The van der Waals surface area contributed by atoms with Crippen LogP contribution in [-0.2, 0) is 6.54 Å². The highest BCUT2D eigenvalue weighted by Crippen LogP contribution is 2.33. The Morgan fingerprint density at radius 1 is 1.38 bits per heavy atom. The van der Waals surface area contributed by atoms with Gasteiger partial charge in [-0.15, -0.1) is 11.3 Å². The van der Waals surface area contributed by atoms with Crippen LogP contribution in [-0.4, -0.2) is 11.1 Å². The number of ether oxygens (including phenoxy) is 1. The second kappa shape index (κ2) is 6.62. The van der Waals surface area contributed by atoms with Crippen LogP contribution in [0.25, 0.3) is 0 Å². The number of aromatic nitrogens is 1. The lowest BCUT2D eigenvalue weighted by atomic mass is 10.2. The molecule has 0 bridgehead atoms. The van der Waals surface area contributed by atoms with Gasteiger partial charge < -0.3 is 10.1 Å². The SMILES string of the molecule is Fc1cccc(NCc2cnc(Cl)s2)c1OC1CCCC1. The Bertz CT molecular complexity index is 613. The molecule has 1 saturated carbocycles. The standard InChI is InChI=1S/C15H16ClFN2OS/c16-15-19-9-11(21-15)8-18-13-7-3-6-12(17)14(13)20-10-4-1-2-5-10/h3,6-7,9-10,18H,1-2,4-5,8H2. The zero-order valence-electron chi connectivity index (χ0n) is 11.4. The van der Waals surface area contributed by atoms with Gasteiger partial charge in [0.2, 0.25) is 0 Å². The molecule has 0 amide bonds. The summed E-state index contributed by atoms with van der Waals surface area (Å²) in [5.41, 5.74) is 0.673. The van der Waals surface area contributed by atoms with Crippen LogP contribution in [0.4, 0.5) is 10.1 Å². The molecule has 21 heavy (non-hydrogen) atoms. The summed E-state index contributed by atoms with van der Waals surface area (Å²) in [5, 5.41) is 3.20. The third kappa shape index (κ3) is 3.66. The maximum Gasteiger partial charge on any atom is 0.183 e. The number of anilines is 1. The summed E-state index contributed by atoms with van der Waals surface area (Å²) in [5.74, 6) is -0.00532. The minimum Gasteiger partial charge on any atom is -0.485 e. The Balaban J connectivity index is 1.72. The molecule has 1 aliphatic carbocycles. The van der Waals surface area contributed by atoms with Gasteiger partial charge in [0.05, 0.1) is 18.3 Å². The van der Waals surface area contributed by atoms with E-state index in [0.717, 1.165) is 30.6 Å². The molecule has 1 aliphatic rings. The summed E-state index contributed by atoms with van der Waals surface area (Å²) in [6.45, 7) is 0.550. The third-order valence-corrected chi connectivity index (χ3v) is 4.65. The van der Waals surface area contributed by atoms with Crippen LogP contribution in [0.1, 0.15) is 30.6 Å². The fraction of sp³-hybridized carbons (Fsp3) is 0.400. The number of hydrogen-bond donors (Lipinski definition) is 1. The van der Waals surface area contributed by atoms with Gasteiger partial charge >= 0.3 is 0 Å². The molecule has 1 N–H and O–H groups in total. The van der Waals surface area contributed by atoms with Gasteiger partial charge in [0, 0.05) is 11.1 Å². The van der Waals surface area contributed by atoms with Crippen molar-refractivity contribution in [2.45, 2.75) is 38.3 Å². The summed E-state index contributed by atoms with van der Waals surface area (Å²) in [4.78, 5) is 4.99. The molecule has 0 aliphatic heterocycles. The van der Waals surface area contributed by atoms with Crippen molar-refractivity contribution in [2.24, 2.45) is 0 Å². The molecule has 1 fully saturated rings. The van der Waals surface area contributed by atoms with E-state index in [9.17, 15) is 4.39 Å². The topological polar surface area (TPSA) is 34.2 Å². The van der Waals surface area contributed by atoms with Crippen molar-refractivity contribution in [2.75, 3.05) is 5.32 Å². The van der Waals surface area contributed by atoms with E-state index < -0.39 is 0 Å². The molecule has 3 rings (SSSR count). The van der Waals surface area contributed by atoms with Gasteiger partial charge in [-0.2, -0.15) is 0 Å². The van der Waals surface area contributed by atoms with Crippen LogP contribution >= 0.6 is 22.9 Å². The van der Waals surface area contributed by atoms with E-state index in [4.69, 9.17) is 16.3 Å². The van der Waals surface area contributed by atoms with E-state index in [-0.39, 0.29) is 11.9 Å². The van der Waals surface area contributed by atoms with Gasteiger partial charge in [-0.1, -0.05) is 17.7 Å². The number of nitrogens with one attached hydrogen (secondary N) is 1. The summed E-state index contributed by atoms with van der Waals surface area (Å²) in [7, 11) is 0. The van der Waals surface area contributed by atoms with Gasteiger partial charge in [-0.3, -0.25) is 0 Å². The Morgan fingerprint density at radius 3 is 2.90 bits per heavy atom. The van der Waals surface area contributed by atoms with Crippen molar-refractivity contribution in [1.82, 2.24) is 4.98 Å². The first-order chi connectivity index (χ1) is 10.2. The molecule has 2 aromatic rings. The predicted octanol–water partition coefficient (Wildman–Crippen LogP) is 4.87. The van der Waals surface area contributed by atoms with Crippen molar-refractivity contribution in [3.05, 3.63) is 39.6 Å². The summed E-state index contributed by atoms with van der Waals surface area (Å²) in [6.07, 6.45) is 6.15. The molecule has 0 saturated heterocycles. The van der Waals surface area contributed by atoms with Crippen molar-refractivity contribution in [3.63, 3.8) is 0 Å². The molecule has 1 heterocycles. The predicted molar refractivity (Wildman–Crippen MR) is 83.7 cm³/mol. The van der Waals surface area contributed by atoms with E-state index in [1.807, 2.05) is 6.07 Å². The first kappa shape index (κ1) is 14.6. The van der Waals surface area contributed by atoms with E-state index >= 15 is 0 Å². The zero-order valence-corrected chi connectivity index (χ0v) is 13.0. The summed E-state index contributed by atoms with van der Waals surface area (Å²) < 4.78 is 20.4. The minimum absolute atomic E-state index is 0.125. The Labute approximate surface area is 132 Å². The Kier molecular flexibility index (Phi) is 4.60. The maximum absolute atomic E-state index is 14.0. The molecule has 3 nitrogen and oxygen atoms in total. The molecule has 112 valence electrons. The first-order valence-corrected chi connectivity index (χ1v) is 8.21. The Morgan fingerprint density at radius 2 is 2.19 bits per heavy atom. The van der Waals surface area contributed by atoms with Gasteiger partial charge in [0.25, 0.3) is 0 Å². The van der Waals surface area contributed by atoms with Crippen LogP contribution in [0.15, 0.2) is 24.4 Å². The van der Waals surface area contributed by atoms with Gasteiger partial charge in [0.15, 0.2) is 16.0 Å². The van der Waals surface area contributed by atoms with Gasteiger partial charge in [-0.05, 0) is 37.8 Å². The second-order valence-electron chi connectivity index (χ2n) is 5.07. The van der Waals surface area contributed by atoms with Crippen LogP contribution in [0.2, 0.25) is 4.47 Å². The number of benzene rings is 1. The number of nitrogens with zero attached hydrogens (tertiary/aromatic N) is 1. The van der Waals surface area contributed by atoms with E-state index in [0.29, 0.717) is 22.4 Å². The van der Waals surface area contributed by atoms with Crippen molar-refractivity contribution < 1.29 is 9.13 Å². The first-order valence-electron chi connectivity index (χ1n) is 7.01. The minimum atomic E-state index is -0.325. The summed E-state index contributed by atoms with van der Waals surface area (Å²) >= 11 is 7.21. The number of halogens is 2. The van der Waals surface area contributed by atoms with Crippen molar-refractivity contribution >= 4 is 28.6 Å². The van der Waals surface area contributed by atoms with Crippen molar-refractivity contribution in [3.8, 4) is 5.75 Å². The molecule has 0 atom stereocenters. The lowest BCUT2D eigenvalue weighted by Gasteiger charge is -2.17. The van der Waals surface area contributed by atoms with E-state index in [2.05, 4.69) is 10.3 Å². The highest BCUT2D eigenvalue weighted by molar-refractivity contribution is 7.15. The van der Waals surface area contributed by atoms with E-state index in [1.54, 1.807) is 12.3 Å². The number of rotatable bonds is 5. The molecule has 1 aromatic carbocycles. The molecular formula is C15H16ClFN2OS. The smallest absolute Gasteiger partial charge is 0.183 e. The highest BCUT2D eigenvalue weighted by atomic mass is 35.5. The molecule has 6 heteroatoms. The molecule has 1 aromatic heterocycles. The fourth-order valence-corrected chi connectivity index (χ4v) is 3.41. The number of thiazole rings is 1. The molecule has 0 spiro atoms. The lowest BCUT2D eigenvalue weighted by Crippen LogP contribution is -2.13.